The quantitative estimate of drug-likeness (QED) is 0.490. The fourth-order valence-corrected chi connectivity index (χ4v) is 1.14. The number of nitrogens with one attached hydrogen (secondary N) is 1. The van der Waals surface area contributed by atoms with Gasteiger partial charge in [-0.15, -0.1) is 0 Å². The predicted molar refractivity (Wildman–Crippen MR) is 60.9 cm³/mol. The summed E-state index contributed by atoms with van der Waals surface area (Å²) in [5.74, 6) is 0. The minimum Gasteiger partial charge on any atom is -0.314 e. The molecule has 13 heavy (non-hydrogen) atoms. The number of hydrogen-bond acceptors (Lipinski definition) is 1. The zero-order valence-corrected chi connectivity index (χ0v) is 9.43. The van der Waals surface area contributed by atoms with Crippen LogP contribution in [0.25, 0.3) is 0 Å². The summed E-state index contributed by atoms with van der Waals surface area (Å²) in [6.07, 6.45) is 10.3. The Morgan fingerprint density at radius 3 is 2.62 bits per heavy atom. The van der Waals surface area contributed by atoms with Crippen molar-refractivity contribution in [2.24, 2.45) is 0 Å². The van der Waals surface area contributed by atoms with Gasteiger partial charge >= 0.3 is 0 Å². The van der Waals surface area contributed by atoms with Gasteiger partial charge < -0.3 is 5.32 Å². The predicted octanol–water partition coefficient (Wildman–Crippen LogP) is 3.29. The second kappa shape index (κ2) is 8.06. The minimum atomic E-state index is 0.515. The number of likely N-dealkylation sites (N-methyl/N-ethyl adjacent to an activating group) is 1. The van der Waals surface area contributed by atoms with Crippen LogP contribution < -0.4 is 5.32 Å². The van der Waals surface area contributed by atoms with E-state index in [1.165, 1.54) is 24.8 Å². The van der Waals surface area contributed by atoms with Crippen LogP contribution >= 0.6 is 0 Å². The first kappa shape index (κ1) is 12.4. The molecule has 0 aromatic heterocycles. The van der Waals surface area contributed by atoms with E-state index >= 15 is 0 Å². The Labute approximate surface area is 82.9 Å². The SMILES string of the molecule is C/C=C/CCC/C=C(/C)C(C)NC. The van der Waals surface area contributed by atoms with Crippen molar-refractivity contribution in [2.45, 2.75) is 46.1 Å². The van der Waals surface area contributed by atoms with Crippen LogP contribution in [0.5, 0.6) is 0 Å². The second-order valence-electron chi connectivity index (χ2n) is 3.46. The first-order valence-corrected chi connectivity index (χ1v) is 5.17. The van der Waals surface area contributed by atoms with E-state index in [0.717, 1.165) is 0 Å². The molecule has 0 spiro atoms. The maximum Gasteiger partial charge on any atom is 0.0245 e. The Kier molecular flexibility index (Phi) is 7.71. The second-order valence-corrected chi connectivity index (χ2v) is 3.46. The van der Waals surface area contributed by atoms with Crippen molar-refractivity contribution in [3.63, 3.8) is 0 Å². The summed E-state index contributed by atoms with van der Waals surface area (Å²) in [7, 11) is 2.00. The third kappa shape index (κ3) is 6.59. The van der Waals surface area contributed by atoms with E-state index < -0.39 is 0 Å². The van der Waals surface area contributed by atoms with Gasteiger partial charge in [0.05, 0.1) is 0 Å². The van der Waals surface area contributed by atoms with Gasteiger partial charge in [0.2, 0.25) is 0 Å². The molecular formula is C12H23N. The molecule has 0 aromatic rings. The fraction of sp³-hybridized carbons (Fsp3) is 0.667. The highest BCUT2D eigenvalue weighted by Crippen LogP contribution is 2.05. The van der Waals surface area contributed by atoms with Crippen LogP contribution in [0.15, 0.2) is 23.8 Å². The van der Waals surface area contributed by atoms with Gasteiger partial charge in [0.25, 0.3) is 0 Å². The lowest BCUT2D eigenvalue weighted by Crippen LogP contribution is -2.22. The van der Waals surface area contributed by atoms with Gasteiger partial charge in [0, 0.05) is 6.04 Å². The molecule has 0 aliphatic heterocycles. The lowest BCUT2D eigenvalue weighted by molar-refractivity contribution is 0.685. The van der Waals surface area contributed by atoms with Crippen molar-refractivity contribution in [3.05, 3.63) is 23.8 Å². The van der Waals surface area contributed by atoms with Gasteiger partial charge in [-0.2, -0.15) is 0 Å². The van der Waals surface area contributed by atoms with Crippen molar-refractivity contribution in [1.29, 1.82) is 0 Å². The summed E-state index contributed by atoms with van der Waals surface area (Å²) in [6.45, 7) is 6.46. The summed E-state index contributed by atoms with van der Waals surface area (Å²) in [5.41, 5.74) is 1.45. The molecular weight excluding hydrogens is 158 g/mol. The Bertz CT molecular complexity index is 168. The van der Waals surface area contributed by atoms with Crippen LogP contribution in [0.1, 0.15) is 40.0 Å². The van der Waals surface area contributed by atoms with Gasteiger partial charge in [-0.25, -0.2) is 0 Å². The van der Waals surface area contributed by atoms with E-state index in [-0.39, 0.29) is 0 Å². The van der Waals surface area contributed by atoms with Crippen LogP contribution in [0.2, 0.25) is 0 Å². The fourth-order valence-electron chi connectivity index (χ4n) is 1.14. The molecule has 0 aliphatic rings. The lowest BCUT2D eigenvalue weighted by Gasteiger charge is -2.10. The summed E-state index contributed by atoms with van der Waals surface area (Å²) >= 11 is 0. The molecule has 1 nitrogen and oxygen atoms in total. The zero-order valence-electron chi connectivity index (χ0n) is 9.43. The van der Waals surface area contributed by atoms with Crippen LogP contribution in [0.3, 0.4) is 0 Å². The number of unbranched alkanes of at least 4 members (excludes halogenated alkanes) is 2. The molecule has 0 saturated heterocycles. The van der Waals surface area contributed by atoms with E-state index in [2.05, 4.69) is 44.3 Å². The van der Waals surface area contributed by atoms with Gasteiger partial charge in [0.15, 0.2) is 0 Å². The van der Waals surface area contributed by atoms with Gasteiger partial charge in [-0.3, -0.25) is 0 Å². The molecule has 0 saturated carbocycles. The van der Waals surface area contributed by atoms with Crippen molar-refractivity contribution in [2.75, 3.05) is 7.05 Å². The molecule has 0 amide bonds. The smallest absolute Gasteiger partial charge is 0.0245 e. The average Bonchev–Trinajstić information content (AvgIpc) is 2.16. The monoisotopic (exact) mass is 181 g/mol. The molecule has 76 valence electrons. The van der Waals surface area contributed by atoms with E-state index in [4.69, 9.17) is 0 Å². The maximum absolute atomic E-state index is 3.23. The lowest BCUT2D eigenvalue weighted by atomic mass is 10.1. The number of allylic oxidation sites excluding steroid dienone is 3. The van der Waals surface area contributed by atoms with E-state index in [1.807, 2.05) is 7.05 Å². The molecule has 1 unspecified atom stereocenters. The van der Waals surface area contributed by atoms with E-state index in [9.17, 15) is 0 Å². The standard InChI is InChI=1S/C12H23N/c1-5-6-7-8-9-10-11(2)12(3)13-4/h5-6,10,12-13H,7-9H2,1-4H3/b6-5+,11-10-. The van der Waals surface area contributed by atoms with E-state index in [0.29, 0.717) is 6.04 Å². The Balaban J connectivity index is 3.58. The highest BCUT2D eigenvalue weighted by Gasteiger charge is 1.97. The van der Waals surface area contributed by atoms with Crippen molar-refractivity contribution < 1.29 is 0 Å². The van der Waals surface area contributed by atoms with Crippen LogP contribution in [-0.4, -0.2) is 13.1 Å². The molecule has 0 radical (unpaired) electrons. The third-order valence-corrected chi connectivity index (χ3v) is 2.39. The molecule has 1 heteroatoms. The summed E-state index contributed by atoms with van der Waals surface area (Å²) in [5, 5.41) is 3.23. The Hall–Kier alpha value is -0.560. The molecule has 1 atom stereocenters. The minimum absolute atomic E-state index is 0.515. The Morgan fingerprint density at radius 1 is 1.38 bits per heavy atom. The molecule has 0 rings (SSSR count). The topological polar surface area (TPSA) is 12.0 Å². The normalized spacial score (nSPS) is 15.2. The molecule has 0 aliphatic carbocycles. The largest absolute Gasteiger partial charge is 0.314 e. The van der Waals surface area contributed by atoms with Crippen molar-refractivity contribution in [3.8, 4) is 0 Å². The molecule has 1 N–H and O–H groups in total. The van der Waals surface area contributed by atoms with Crippen LogP contribution in [0.4, 0.5) is 0 Å². The highest BCUT2D eigenvalue weighted by atomic mass is 14.8. The highest BCUT2D eigenvalue weighted by molar-refractivity contribution is 5.05. The molecule has 0 bridgehead atoms. The van der Waals surface area contributed by atoms with E-state index in [1.54, 1.807) is 0 Å². The van der Waals surface area contributed by atoms with Gasteiger partial charge in [-0.05, 0) is 47.1 Å². The maximum atomic E-state index is 3.23. The summed E-state index contributed by atoms with van der Waals surface area (Å²) in [4.78, 5) is 0. The third-order valence-electron chi connectivity index (χ3n) is 2.39. The Morgan fingerprint density at radius 2 is 2.08 bits per heavy atom. The first-order valence-electron chi connectivity index (χ1n) is 5.17. The van der Waals surface area contributed by atoms with Crippen molar-refractivity contribution >= 4 is 0 Å². The number of hydrogen-bond donors (Lipinski definition) is 1. The van der Waals surface area contributed by atoms with Crippen LogP contribution in [-0.2, 0) is 0 Å². The average molecular weight is 181 g/mol. The van der Waals surface area contributed by atoms with Gasteiger partial charge in [-0.1, -0.05) is 23.8 Å². The molecule has 0 aromatic carbocycles. The summed E-state index contributed by atoms with van der Waals surface area (Å²) in [6, 6.07) is 0.515. The first-order chi connectivity index (χ1) is 6.22. The van der Waals surface area contributed by atoms with Gasteiger partial charge in [0.1, 0.15) is 0 Å². The molecule has 0 heterocycles. The van der Waals surface area contributed by atoms with Crippen molar-refractivity contribution in [1.82, 2.24) is 5.32 Å². The molecule has 0 fully saturated rings. The summed E-state index contributed by atoms with van der Waals surface area (Å²) < 4.78 is 0. The number of rotatable bonds is 6. The zero-order chi connectivity index (χ0) is 10.1. The van der Waals surface area contributed by atoms with Crippen LogP contribution in [0, 0.1) is 0 Å².